The van der Waals surface area contributed by atoms with Crippen LogP contribution in [0.1, 0.15) is 48.9 Å². The molecular weight excluding hydrogens is 436 g/mol. The highest BCUT2D eigenvalue weighted by Crippen LogP contribution is 2.30. The van der Waals surface area contributed by atoms with Gasteiger partial charge in [-0.15, -0.1) is 0 Å². The highest BCUT2D eigenvalue weighted by atomic mass is 16.5. The normalized spacial score (nSPS) is 14.6. The third-order valence-electron chi connectivity index (χ3n) is 5.21. The van der Waals surface area contributed by atoms with Crippen molar-refractivity contribution in [2.45, 2.75) is 34.1 Å². The number of imide groups is 1. The number of amides is 2. The number of benzene rings is 1. The van der Waals surface area contributed by atoms with Gasteiger partial charge in [-0.3, -0.25) is 14.5 Å². The minimum Gasteiger partial charge on any atom is -0.465 e. The summed E-state index contributed by atoms with van der Waals surface area (Å²) in [7, 11) is 1.31. The number of carbonyl (C=O) groups is 3. The molecule has 0 unspecified atom stereocenters. The van der Waals surface area contributed by atoms with E-state index in [1.54, 1.807) is 37.3 Å². The molecule has 3 rings (SSSR count). The zero-order valence-electron chi connectivity index (χ0n) is 20.0. The number of methoxy groups -OCH3 is 1. The molecule has 0 bridgehead atoms. The zero-order chi connectivity index (χ0) is 25.4. The first-order valence-electron chi connectivity index (χ1n) is 10.9. The summed E-state index contributed by atoms with van der Waals surface area (Å²) in [5, 5.41) is 18.5. The van der Waals surface area contributed by atoms with E-state index in [9.17, 15) is 19.6 Å². The van der Waals surface area contributed by atoms with Crippen molar-refractivity contribution in [3.63, 3.8) is 0 Å². The Kier molecular flexibility index (Phi) is 9.10. The van der Waals surface area contributed by atoms with Gasteiger partial charge in [0, 0.05) is 24.3 Å². The van der Waals surface area contributed by atoms with Crippen molar-refractivity contribution in [1.82, 2.24) is 4.90 Å². The fourth-order valence-corrected chi connectivity index (χ4v) is 3.39. The minimum absolute atomic E-state index is 0.00699. The van der Waals surface area contributed by atoms with Crippen LogP contribution in [0.5, 0.6) is 0 Å². The number of aliphatic hydroxyl groups is 1. The molecule has 2 amide bonds. The zero-order valence-corrected chi connectivity index (χ0v) is 20.0. The lowest BCUT2D eigenvalue weighted by Crippen LogP contribution is -2.43. The van der Waals surface area contributed by atoms with Crippen LogP contribution >= 0.6 is 0 Å². The largest absolute Gasteiger partial charge is 0.465 e. The number of hydrogen-bond donors (Lipinski definition) is 1. The molecule has 1 aromatic carbocycles. The Morgan fingerprint density at radius 1 is 1.18 bits per heavy atom. The van der Waals surface area contributed by atoms with Gasteiger partial charge in [0.1, 0.15) is 23.2 Å². The van der Waals surface area contributed by atoms with E-state index < -0.39 is 17.8 Å². The van der Waals surface area contributed by atoms with Gasteiger partial charge in [0.05, 0.1) is 12.7 Å². The van der Waals surface area contributed by atoms with Crippen LogP contribution in [0.25, 0.3) is 17.4 Å². The molecule has 0 aliphatic carbocycles. The maximum absolute atomic E-state index is 12.9. The summed E-state index contributed by atoms with van der Waals surface area (Å²) in [6, 6.07) is 10.5. The quantitative estimate of drug-likeness (QED) is 0.389. The fraction of sp³-hybridized carbons (Fsp3) is 0.308. The molecule has 0 saturated carbocycles. The van der Waals surface area contributed by atoms with Crippen LogP contribution in [-0.4, -0.2) is 48.1 Å². The summed E-state index contributed by atoms with van der Waals surface area (Å²) in [5.74, 6) is -0.863. The molecule has 0 fully saturated rings. The molecule has 1 aliphatic heterocycles. The van der Waals surface area contributed by atoms with Gasteiger partial charge in [-0.2, -0.15) is 5.26 Å². The van der Waals surface area contributed by atoms with E-state index in [1.807, 2.05) is 19.9 Å². The Hall–Kier alpha value is -3.96. The average molecular weight is 465 g/mol. The molecule has 1 N–H and O–H groups in total. The summed E-state index contributed by atoms with van der Waals surface area (Å²) in [4.78, 5) is 38.3. The molecule has 0 spiro atoms. The van der Waals surface area contributed by atoms with Crippen LogP contribution in [0.2, 0.25) is 0 Å². The first-order valence-corrected chi connectivity index (χ1v) is 10.9. The molecule has 34 heavy (non-hydrogen) atoms. The van der Waals surface area contributed by atoms with Crippen molar-refractivity contribution in [1.29, 1.82) is 5.26 Å². The van der Waals surface area contributed by atoms with E-state index in [4.69, 9.17) is 14.3 Å². The van der Waals surface area contributed by atoms with Crippen LogP contribution in [0.15, 0.2) is 51.5 Å². The van der Waals surface area contributed by atoms with Gasteiger partial charge >= 0.3 is 5.97 Å². The Balaban J connectivity index is 0.00000199. The highest BCUT2D eigenvalue weighted by molar-refractivity contribution is 6.19. The van der Waals surface area contributed by atoms with E-state index in [0.29, 0.717) is 22.6 Å². The number of ether oxygens (including phenoxy) is 1. The van der Waals surface area contributed by atoms with E-state index in [2.05, 4.69) is 0 Å². The van der Waals surface area contributed by atoms with Crippen LogP contribution in [0, 0.1) is 18.3 Å². The van der Waals surface area contributed by atoms with Gasteiger partial charge in [-0.1, -0.05) is 26.0 Å². The summed E-state index contributed by atoms with van der Waals surface area (Å²) in [6.07, 6.45) is 1.69. The van der Waals surface area contributed by atoms with Gasteiger partial charge in [0.2, 0.25) is 0 Å². The maximum Gasteiger partial charge on any atom is 0.338 e. The summed E-state index contributed by atoms with van der Waals surface area (Å²) < 4.78 is 10.7. The smallest absolute Gasteiger partial charge is 0.338 e. The molecule has 8 nitrogen and oxygen atoms in total. The predicted molar refractivity (Wildman–Crippen MR) is 126 cm³/mol. The lowest BCUT2D eigenvalue weighted by Gasteiger charge is -2.27. The van der Waals surface area contributed by atoms with Crippen LogP contribution < -0.4 is 0 Å². The molecular formula is C26H28N2O6. The van der Waals surface area contributed by atoms with Gasteiger partial charge < -0.3 is 14.3 Å². The maximum atomic E-state index is 12.9. The van der Waals surface area contributed by atoms with Crippen molar-refractivity contribution in [2.75, 3.05) is 20.3 Å². The SMILES string of the molecule is CC.COC(=O)c1cc(-c2ccc(/C=C3\C(=O)N(CCCO)C(=O)C(C#N)=C3C)o2)ccc1C. The number of hydrogen-bond acceptors (Lipinski definition) is 7. The first kappa shape index (κ1) is 26.3. The number of aliphatic hydroxyl groups excluding tert-OH is 1. The van der Waals surface area contributed by atoms with Crippen molar-refractivity contribution in [3.05, 3.63) is 63.9 Å². The second-order valence-electron chi connectivity index (χ2n) is 7.23. The Morgan fingerprint density at radius 2 is 1.88 bits per heavy atom. The standard InChI is InChI=1S/C24H22N2O6.C2H6/c1-14-5-6-16(11-18(14)24(30)31-3)21-8-7-17(32-21)12-19-15(2)20(13-25)23(29)26(22(19)28)9-4-10-27;1-2/h5-8,11-12,27H,4,9-10H2,1-3H3;1-2H3/b19-12-;. The van der Waals surface area contributed by atoms with Gasteiger partial charge in [-0.05, 0) is 55.7 Å². The molecule has 0 radical (unpaired) electrons. The molecule has 2 aromatic rings. The van der Waals surface area contributed by atoms with Crippen molar-refractivity contribution < 1.29 is 28.6 Å². The van der Waals surface area contributed by atoms with Crippen molar-refractivity contribution in [3.8, 4) is 17.4 Å². The number of nitriles is 1. The Morgan fingerprint density at radius 3 is 2.50 bits per heavy atom. The second kappa shape index (κ2) is 11.8. The number of furan rings is 1. The van der Waals surface area contributed by atoms with Gasteiger partial charge in [0.15, 0.2) is 0 Å². The third kappa shape index (κ3) is 5.33. The Bertz CT molecular complexity index is 1200. The van der Waals surface area contributed by atoms with Crippen LogP contribution in [0.3, 0.4) is 0 Å². The molecule has 0 saturated heterocycles. The van der Waals surface area contributed by atoms with Gasteiger partial charge in [0.25, 0.3) is 11.8 Å². The predicted octanol–water partition coefficient (Wildman–Crippen LogP) is 4.04. The molecule has 0 atom stereocenters. The molecule has 178 valence electrons. The summed E-state index contributed by atoms with van der Waals surface area (Å²) in [6.45, 7) is 7.16. The molecule has 8 heteroatoms. The van der Waals surface area contributed by atoms with E-state index in [1.165, 1.54) is 20.1 Å². The van der Waals surface area contributed by atoms with Crippen LogP contribution in [0.4, 0.5) is 0 Å². The first-order chi connectivity index (χ1) is 16.3. The second-order valence-corrected chi connectivity index (χ2v) is 7.23. The molecule has 1 aromatic heterocycles. The third-order valence-corrected chi connectivity index (χ3v) is 5.21. The van der Waals surface area contributed by atoms with Crippen molar-refractivity contribution >= 4 is 23.9 Å². The minimum atomic E-state index is -0.671. The topological polar surface area (TPSA) is 121 Å². The Labute approximate surface area is 198 Å². The van der Waals surface area contributed by atoms with E-state index >= 15 is 0 Å². The number of aryl methyl sites for hydroxylation is 1. The lowest BCUT2D eigenvalue weighted by atomic mass is 9.94. The fourth-order valence-electron chi connectivity index (χ4n) is 3.39. The number of nitrogens with zero attached hydrogens (tertiary/aromatic N) is 2. The van der Waals surface area contributed by atoms with E-state index in [0.717, 1.165) is 10.5 Å². The molecule has 2 heterocycles. The highest BCUT2D eigenvalue weighted by Gasteiger charge is 2.35. The number of rotatable bonds is 6. The number of esters is 1. The number of carbonyl (C=O) groups excluding carboxylic acids is 3. The van der Waals surface area contributed by atoms with Crippen molar-refractivity contribution in [2.24, 2.45) is 0 Å². The average Bonchev–Trinajstić information content (AvgIpc) is 3.32. The monoisotopic (exact) mass is 464 g/mol. The van der Waals surface area contributed by atoms with E-state index in [-0.39, 0.29) is 36.3 Å². The summed E-state index contributed by atoms with van der Waals surface area (Å²) >= 11 is 0. The van der Waals surface area contributed by atoms with Gasteiger partial charge in [-0.25, -0.2) is 4.79 Å². The van der Waals surface area contributed by atoms with Crippen LogP contribution in [-0.2, 0) is 14.3 Å². The molecule has 1 aliphatic rings. The lowest BCUT2D eigenvalue weighted by molar-refractivity contribution is -0.140. The summed E-state index contributed by atoms with van der Waals surface area (Å²) in [5.41, 5.74) is 2.14.